The lowest BCUT2D eigenvalue weighted by molar-refractivity contribution is 0.233. The fourth-order valence-corrected chi connectivity index (χ4v) is 0.802. The maximum atomic E-state index is 5.35. The first-order valence-electron chi connectivity index (χ1n) is 3.82. The maximum Gasteiger partial charge on any atom is 0.215 e. The van der Waals surface area contributed by atoms with E-state index < -0.39 is 0 Å². The topological polar surface area (TPSA) is 60.2 Å². The number of aromatic nitrogens is 1. The van der Waals surface area contributed by atoms with E-state index in [0.717, 1.165) is 0 Å². The zero-order valence-corrected chi connectivity index (χ0v) is 7.24. The van der Waals surface area contributed by atoms with E-state index in [2.05, 4.69) is 10.4 Å². The largest absolute Gasteiger partial charge is 0.475 e. The van der Waals surface area contributed by atoms with Gasteiger partial charge in [-0.15, -0.1) is 0 Å². The first-order chi connectivity index (χ1) is 5.72. The zero-order valence-electron chi connectivity index (χ0n) is 7.24. The number of nitrogen functional groups attached to an aromatic ring is 1. The summed E-state index contributed by atoms with van der Waals surface area (Å²) in [6.07, 6.45) is 0.130. The molecular formula is C8H13N3O. The lowest BCUT2D eigenvalue weighted by atomic mass is 10.4. The van der Waals surface area contributed by atoms with Crippen LogP contribution in [0.25, 0.3) is 0 Å². The molecule has 1 rings (SSSR count). The average molecular weight is 167 g/mol. The number of nitrogens with two attached hydrogens (primary N) is 1. The third-order valence-electron chi connectivity index (χ3n) is 1.23. The lowest BCUT2D eigenvalue weighted by Crippen LogP contribution is -2.11. The van der Waals surface area contributed by atoms with Gasteiger partial charge in [-0.1, -0.05) is 6.07 Å². The summed E-state index contributed by atoms with van der Waals surface area (Å²) >= 11 is 0. The van der Waals surface area contributed by atoms with Gasteiger partial charge in [-0.25, -0.2) is 5.84 Å². The van der Waals surface area contributed by atoms with Gasteiger partial charge in [0.25, 0.3) is 0 Å². The summed E-state index contributed by atoms with van der Waals surface area (Å²) < 4.78 is 5.35. The van der Waals surface area contributed by atoms with Crippen LogP contribution in [0.4, 0.5) is 5.82 Å². The standard InChI is InChI=1S/C8H13N3O/c1-6(2)12-8-5-3-4-7(10-8)11-9/h3-6H,9H2,1-2H3,(H,10,11). The first-order valence-corrected chi connectivity index (χ1v) is 3.82. The number of ether oxygens (including phenoxy) is 1. The second-order valence-electron chi connectivity index (χ2n) is 2.67. The maximum absolute atomic E-state index is 5.35. The van der Waals surface area contributed by atoms with Crippen molar-refractivity contribution in [2.75, 3.05) is 5.43 Å². The molecular weight excluding hydrogens is 154 g/mol. The van der Waals surface area contributed by atoms with Gasteiger partial charge in [0.05, 0.1) is 6.10 Å². The molecule has 0 saturated heterocycles. The van der Waals surface area contributed by atoms with Crippen molar-refractivity contribution in [3.05, 3.63) is 18.2 Å². The van der Waals surface area contributed by atoms with Crippen LogP contribution in [0, 0.1) is 0 Å². The molecule has 0 saturated carbocycles. The third-order valence-corrected chi connectivity index (χ3v) is 1.23. The molecule has 0 unspecified atom stereocenters. The molecule has 0 aromatic carbocycles. The van der Waals surface area contributed by atoms with Gasteiger partial charge in [0.1, 0.15) is 5.82 Å². The van der Waals surface area contributed by atoms with Crippen LogP contribution in [0.1, 0.15) is 13.8 Å². The zero-order chi connectivity index (χ0) is 8.97. The smallest absolute Gasteiger partial charge is 0.215 e. The van der Waals surface area contributed by atoms with Crippen LogP contribution in [0.3, 0.4) is 0 Å². The second kappa shape index (κ2) is 3.92. The van der Waals surface area contributed by atoms with Crippen molar-refractivity contribution in [1.29, 1.82) is 0 Å². The normalized spacial score (nSPS) is 10.0. The van der Waals surface area contributed by atoms with Gasteiger partial charge >= 0.3 is 0 Å². The molecule has 1 aromatic rings. The Hall–Kier alpha value is -1.29. The Morgan fingerprint density at radius 2 is 2.25 bits per heavy atom. The number of hydrogen-bond donors (Lipinski definition) is 2. The minimum Gasteiger partial charge on any atom is -0.475 e. The molecule has 1 heterocycles. The lowest BCUT2D eigenvalue weighted by Gasteiger charge is -2.08. The van der Waals surface area contributed by atoms with Crippen LogP contribution in [-0.4, -0.2) is 11.1 Å². The van der Waals surface area contributed by atoms with Gasteiger partial charge in [-0.3, -0.25) is 0 Å². The van der Waals surface area contributed by atoms with Crippen LogP contribution in [0.15, 0.2) is 18.2 Å². The van der Waals surface area contributed by atoms with Crippen molar-refractivity contribution in [2.24, 2.45) is 5.84 Å². The van der Waals surface area contributed by atoms with Crippen LogP contribution < -0.4 is 16.0 Å². The second-order valence-corrected chi connectivity index (χ2v) is 2.67. The Kier molecular flexibility index (Phi) is 2.88. The molecule has 3 N–H and O–H groups in total. The molecule has 0 atom stereocenters. The van der Waals surface area contributed by atoms with E-state index in [1.807, 2.05) is 19.9 Å². The number of pyridine rings is 1. The highest BCUT2D eigenvalue weighted by molar-refractivity contribution is 5.35. The van der Waals surface area contributed by atoms with Crippen molar-refractivity contribution >= 4 is 5.82 Å². The summed E-state index contributed by atoms with van der Waals surface area (Å²) in [5.41, 5.74) is 2.45. The first kappa shape index (κ1) is 8.80. The molecule has 0 bridgehead atoms. The van der Waals surface area contributed by atoms with E-state index in [0.29, 0.717) is 11.7 Å². The van der Waals surface area contributed by atoms with Gasteiger partial charge in [0.15, 0.2) is 0 Å². The van der Waals surface area contributed by atoms with E-state index in [-0.39, 0.29) is 6.10 Å². The van der Waals surface area contributed by atoms with Crippen molar-refractivity contribution in [3.8, 4) is 5.88 Å². The Balaban J connectivity index is 2.72. The number of hydrazine groups is 1. The summed E-state index contributed by atoms with van der Waals surface area (Å²) in [6, 6.07) is 5.40. The van der Waals surface area contributed by atoms with Crippen molar-refractivity contribution in [1.82, 2.24) is 4.98 Å². The minimum atomic E-state index is 0.130. The average Bonchev–Trinajstić information content (AvgIpc) is 2.03. The van der Waals surface area contributed by atoms with Crippen LogP contribution >= 0.6 is 0 Å². The van der Waals surface area contributed by atoms with Gasteiger partial charge in [0.2, 0.25) is 5.88 Å². The highest BCUT2D eigenvalue weighted by atomic mass is 16.5. The fourth-order valence-electron chi connectivity index (χ4n) is 0.802. The van der Waals surface area contributed by atoms with Gasteiger partial charge in [-0.2, -0.15) is 4.98 Å². The van der Waals surface area contributed by atoms with Gasteiger partial charge in [0, 0.05) is 6.07 Å². The van der Waals surface area contributed by atoms with E-state index in [4.69, 9.17) is 10.6 Å². The van der Waals surface area contributed by atoms with E-state index in [9.17, 15) is 0 Å². The fraction of sp³-hybridized carbons (Fsp3) is 0.375. The molecule has 0 spiro atoms. The number of anilines is 1. The summed E-state index contributed by atoms with van der Waals surface area (Å²) in [6.45, 7) is 3.90. The predicted molar refractivity (Wildman–Crippen MR) is 47.8 cm³/mol. The number of nitrogens with zero attached hydrogens (tertiary/aromatic N) is 1. The molecule has 0 aliphatic carbocycles. The molecule has 0 fully saturated rings. The highest BCUT2D eigenvalue weighted by Gasteiger charge is 1.98. The van der Waals surface area contributed by atoms with E-state index >= 15 is 0 Å². The van der Waals surface area contributed by atoms with Crippen LogP contribution in [0.5, 0.6) is 5.88 Å². The molecule has 0 radical (unpaired) electrons. The summed E-state index contributed by atoms with van der Waals surface area (Å²) in [5, 5.41) is 0. The molecule has 4 heteroatoms. The van der Waals surface area contributed by atoms with E-state index in [1.165, 1.54) is 0 Å². The molecule has 66 valence electrons. The van der Waals surface area contributed by atoms with Crippen molar-refractivity contribution in [2.45, 2.75) is 20.0 Å². The van der Waals surface area contributed by atoms with Gasteiger partial charge in [-0.05, 0) is 19.9 Å². The molecule has 0 aliphatic heterocycles. The Bertz CT molecular complexity index is 250. The van der Waals surface area contributed by atoms with E-state index in [1.54, 1.807) is 12.1 Å². The van der Waals surface area contributed by atoms with Crippen LogP contribution in [0.2, 0.25) is 0 Å². The summed E-state index contributed by atoms with van der Waals surface area (Å²) in [4.78, 5) is 4.07. The quantitative estimate of drug-likeness (QED) is 0.523. The molecule has 0 aliphatic rings. The summed E-state index contributed by atoms with van der Waals surface area (Å²) in [5.74, 6) is 6.37. The molecule has 0 amide bonds. The molecule has 4 nitrogen and oxygen atoms in total. The minimum absolute atomic E-state index is 0.130. The summed E-state index contributed by atoms with van der Waals surface area (Å²) in [7, 11) is 0. The van der Waals surface area contributed by atoms with Gasteiger partial charge < -0.3 is 10.2 Å². The highest BCUT2D eigenvalue weighted by Crippen LogP contribution is 2.11. The monoisotopic (exact) mass is 167 g/mol. The van der Waals surface area contributed by atoms with Crippen molar-refractivity contribution < 1.29 is 4.74 Å². The van der Waals surface area contributed by atoms with Crippen molar-refractivity contribution in [3.63, 3.8) is 0 Å². The number of rotatable bonds is 3. The Morgan fingerprint density at radius 3 is 2.83 bits per heavy atom. The Labute approximate surface area is 71.7 Å². The molecule has 1 aromatic heterocycles. The number of hydrogen-bond acceptors (Lipinski definition) is 4. The predicted octanol–water partition coefficient (Wildman–Crippen LogP) is 1.15. The Morgan fingerprint density at radius 1 is 1.50 bits per heavy atom. The number of nitrogens with one attached hydrogen (secondary N) is 1. The SMILES string of the molecule is CC(C)Oc1cccc(NN)n1. The van der Waals surface area contributed by atoms with Crippen LogP contribution in [-0.2, 0) is 0 Å². The molecule has 12 heavy (non-hydrogen) atoms. The third kappa shape index (κ3) is 2.39.